The number of nitrogens with one attached hydrogen (secondary N) is 1. The summed E-state index contributed by atoms with van der Waals surface area (Å²) in [5, 5.41) is 12.9. The van der Waals surface area contributed by atoms with Gasteiger partial charge in [-0.05, 0) is 47.5 Å². The highest BCUT2D eigenvalue weighted by atomic mass is 79.9. The molecule has 8 heteroatoms. The molecule has 2 rings (SSSR count). The van der Waals surface area contributed by atoms with Crippen LogP contribution in [0.2, 0.25) is 0 Å². The molecule has 0 aliphatic rings. The lowest BCUT2D eigenvalue weighted by atomic mass is 10.2. The predicted octanol–water partition coefficient (Wildman–Crippen LogP) is 2.02. The van der Waals surface area contributed by atoms with Crippen molar-refractivity contribution in [2.75, 3.05) is 0 Å². The summed E-state index contributed by atoms with van der Waals surface area (Å²) in [6.07, 6.45) is 0. The molecule has 6 nitrogen and oxygen atoms in total. The van der Waals surface area contributed by atoms with Crippen LogP contribution in [0.15, 0.2) is 32.1 Å². The van der Waals surface area contributed by atoms with Crippen molar-refractivity contribution in [2.45, 2.75) is 31.9 Å². The van der Waals surface area contributed by atoms with Gasteiger partial charge in [0.15, 0.2) is 0 Å². The van der Waals surface area contributed by atoms with Gasteiger partial charge < -0.3 is 9.63 Å². The average Bonchev–Trinajstić information content (AvgIpc) is 2.76. The summed E-state index contributed by atoms with van der Waals surface area (Å²) in [7, 11) is -3.71. The Hall–Kier alpha value is -1.22. The van der Waals surface area contributed by atoms with E-state index in [1.807, 2.05) is 0 Å². The van der Waals surface area contributed by atoms with Gasteiger partial charge in [0.2, 0.25) is 10.0 Å². The standard InChI is InChI=1S/C13H15BrN2O4S/c1-8-11(9(2)20-16-8)6-15-21(18,19)13-5-10(7-17)3-4-12(13)14/h3-5,15,17H,6-7H2,1-2H3. The number of aliphatic hydroxyl groups is 1. The van der Waals surface area contributed by atoms with E-state index in [0.29, 0.717) is 27.1 Å². The highest BCUT2D eigenvalue weighted by molar-refractivity contribution is 9.10. The van der Waals surface area contributed by atoms with E-state index in [0.717, 1.165) is 0 Å². The Labute approximate surface area is 131 Å². The third-order valence-electron chi connectivity index (χ3n) is 3.09. The van der Waals surface area contributed by atoms with Crippen molar-refractivity contribution in [1.29, 1.82) is 0 Å². The van der Waals surface area contributed by atoms with E-state index in [-0.39, 0.29) is 18.0 Å². The minimum absolute atomic E-state index is 0.0841. The van der Waals surface area contributed by atoms with Crippen LogP contribution in [0.4, 0.5) is 0 Å². The lowest BCUT2D eigenvalue weighted by molar-refractivity contribution is 0.281. The largest absolute Gasteiger partial charge is 0.392 e. The lowest BCUT2D eigenvalue weighted by Crippen LogP contribution is -2.24. The molecule has 0 saturated carbocycles. The number of aromatic nitrogens is 1. The summed E-state index contributed by atoms with van der Waals surface area (Å²) in [5.74, 6) is 0.582. The highest BCUT2D eigenvalue weighted by Crippen LogP contribution is 2.24. The van der Waals surface area contributed by atoms with Gasteiger partial charge in [-0.25, -0.2) is 13.1 Å². The first-order valence-corrected chi connectivity index (χ1v) is 8.43. The van der Waals surface area contributed by atoms with E-state index in [1.165, 1.54) is 6.07 Å². The lowest BCUT2D eigenvalue weighted by Gasteiger charge is -2.09. The van der Waals surface area contributed by atoms with Crippen molar-refractivity contribution in [2.24, 2.45) is 0 Å². The van der Waals surface area contributed by atoms with Crippen LogP contribution in [0.1, 0.15) is 22.6 Å². The topological polar surface area (TPSA) is 92.4 Å². The molecule has 2 aromatic rings. The zero-order chi connectivity index (χ0) is 15.6. The van der Waals surface area contributed by atoms with Crippen molar-refractivity contribution >= 4 is 26.0 Å². The van der Waals surface area contributed by atoms with Crippen LogP contribution in [0.25, 0.3) is 0 Å². The summed E-state index contributed by atoms with van der Waals surface area (Å²) in [4.78, 5) is 0.0841. The summed E-state index contributed by atoms with van der Waals surface area (Å²) in [5.41, 5.74) is 1.89. The molecule has 0 atom stereocenters. The molecule has 0 bridgehead atoms. The minimum Gasteiger partial charge on any atom is -0.392 e. The average molecular weight is 375 g/mol. The molecule has 0 spiro atoms. The second-order valence-corrected chi connectivity index (χ2v) is 7.14. The molecule has 114 valence electrons. The summed E-state index contributed by atoms with van der Waals surface area (Å²) >= 11 is 3.21. The molecule has 1 heterocycles. The fraction of sp³-hybridized carbons (Fsp3) is 0.308. The van der Waals surface area contributed by atoms with Crippen LogP contribution in [0.3, 0.4) is 0 Å². The molecule has 0 radical (unpaired) electrons. The van der Waals surface area contributed by atoms with Crippen molar-refractivity contribution in [3.05, 3.63) is 45.3 Å². The molecule has 2 N–H and O–H groups in total. The van der Waals surface area contributed by atoms with Gasteiger partial charge in [-0.15, -0.1) is 0 Å². The fourth-order valence-corrected chi connectivity index (χ4v) is 3.86. The minimum atomic E-state index is -3.71. The van der Waals surface area contributed by atoms with E-state index in [9.17, 15) is 8.42 Å². The molecular weight excluding hydrogens is 360 g/mol. The molecule has 1 aromatic carbocycles. The third-order valence-corrected chi connectivity index (χ3v) is 5.48. The van der Waals surface area contributed by atoms with Crippen LogP contribution >= 0.6 is 15.9 Å². The van der Waals surface area contributed by atoms with Crippen LogP contribution in [-0.2, 0) is 23.2 Å². The Kier molecular flexibility index (Phi) is 4.82. The number of hydrogen-bond donors (Lipinski definition) is 2. The molecule has 21 heavy (non-hydrogen) atoms. The van der Waals surface area contributed by atoms with Gasteiger partial charge in [0, 0.05) is 16.6 Å². The Morgan fingerprint density at radius 3 is 2.67 bits per heavy atom. The van der Waals surface area contributed by atoms with E-state index < -0.39 is 10.0 Å². The summed E-state index contributed by atoms with van der Waals surface area (Å²) < 4.78 is 32.7. The first kappa shape index (κ1) is 16.2. The Bertz CT molecular complexity index is 736. The number of halogens is 1. The fourth-order valence-electron chi connectivity index (χ4n) is 1.85. The molecule has 0 saturated heterocycles. The van der Waals surface area contributed by atoms with Crippen molar-refractivity contribution in [3.63, 3.8) is 0 Å². The molecule has 1 aromatic heterocycles. The number of rotatable bonds is 5. The van der Waals surface area contributed by atoms with E-state index >= 15 is 0 Å². The first-order chi connectivity index (χ1) is 9.85. The highest BCUT2D eigenvalue weighted by Gasteiger charge is 2.19. The van der Waals surface area contributed by atoms with E-state index in [2.05, 4.69) is 25.8 Å². The van der Waals surface area contributed by atoms with Crippen LogP contribution in [0, 0.1) is 13.8 Å². The first-order valence-electron chi connectivity index (χ1n) is 6.16. The smallest absolute Gasteiger partial charge is 0.242 e. The van der Waals surface area contributed by atoms with Gasteiger partial charge in [-0.1, -0.05) is 11.2 Å². The Balaban J connectivity index is 2.27. The molecular formula is C13H15BrN2O4S. The van der Waals surface area contributed by atoms with Gasteiger partial charge in [-0.2, -0.15) is 0 Å². The van der Waals surface area contributed by atoms with Crippen LogP contribution in [0.5, 0.6) is 0 Å². The maximum Gasteiger partial charge on any atom is 0.242 e. The van der Waals surface area contributed by atoms with Crippen molar-refractivity contribution in [1.82, 2.24) is 9.88 Å². The molecule has 0 aliphatic carbocycles. The maximum absolute atomic E-state index is 12.4. The van der Waals surface area contributed by atoms with E-state index in [1.54, 1.807) is 26.0 Å². The Morgan fingerprint density at radius 1 is 1.38 bits per heavy atom. The molecule has 0 fully saturated rings. The third kappa shape index (κ3) is 3.52. The Morgan fingerprint density at radius 2 is 2.10 bits per heavy atom. The SMILES string of the molecule is Cc1noc(C)c1CNS(=O)(=O)c1cc(CO)ccc1Br. The van der Waals surface area contributed by atoms with Crippen LogP contribution < -0.4 is 4.72 Å². The second-order valence-electron chi connectivity index (χ2n) is 4.55. The molecule has 0 aliphatic heterocycles. The monoisotopic (exact) mass is 374 g/mol. The number of hydrogen-bond acceptors (Lipinski definition) is 5. The zero-order valence-corrected chi connectivity index (χ0v) is 14.0. The number of sulfonamides is 1. The summed E-state index contributed by atoms with van der Waals surface area (Å²) in [6, 6.07) is 4.67. The normalized spacial score (nSPS) is 11.8. The van der Waals surface area contributed by atoms with Crippen molar-refractivity contribution in [3.8, 4) is 0 Å². The number of aliphatic hydroxyl groups excluding tert-OH is 1. The maximum atomic E-state index is 12.4. The second kappa shape index (κ2) is 6.27. The number of nitrogens with zero attached hydrogens (tertiary/aromatic N) is 1. The summed E-state index contributed by atoms with van der Waals surface area (Å²) in [6.45, 7) is 3.35. The van der Waals surface area contributed by atoms with Crippen LogP contribution in [-0.4, -0.2) is 18.7 Å². The van der Waals surface area contributed by atoms with E-state index in [4.69, 9.17) is 9.63 Å². The van der Waals surface area contributed by atoms with Gasteiger partial charge in [0.05, 0.1) is 17.2 Å². The molecule has 0 unspecified atom stereocenters. The van der Waals surface area contributed by atoms with Crippen molar-refractivity contribution < 1.29 is 18.0 Å². The van der Waals surface area contributed by atoms with Gasteiger partial charge in [0.25, 0.3) is 0 Å². The number of aryl methyl sites for hydroxylation is 2. The van der Waals surface area contributed by atoms with Gasteiger partial charge in [0.1, 0.15) is 5.76 Å². The zero-order valence-electron chi connectivity index (χ0n) is 11.6. The van der Waals surface area contributed by atoms with Gasteiger partial charge in [-0.3, -0.25) is 0 Å². The number of benzene rings is 1. The predicted molar refractivity (Wildman–Crippen MR) is 80.1 cm³/mol. The molecule has 0 amide bonds. The van der Waals surface area contributed by atoms with Gasteiger partial charge >= 0.3 is 0 Å². The quantitative estimate of drug-likeness (QED) is 0.834.